The van der Waals surface area contributed by atoms with Crippen LogP contribution in [0.1, 0.15) is 36.0 Å². The molecule has 0 bridgehead atoms. The van der Waals surface area contributed by atoms with E-state index in [1.807, 2.05) is 67.6 Å². The highest BCUT2D eigenvalue weighted by molar-refractivity contribution is 6.30. The maximum atomic E-state index is 14.5. The standard InChI is InChI=1S/C29H30ClFN2O3/c1-21(26-13-12-24(30)17-27(26)31)18-32(19-23-10-6-3-7-11-23)15-14-28(34)33-25(20-36-29(33)35)16-22-8-4-2-5-9-22/h2-13,17,21,25H,14-16,18-20H2,1H3/t21-,25-/m0/s1. The van der Waals surface area contributed by atoms with Crippen LogP contribution in [-0.4, -0.2) is 47.5 Å². The van der Waals surface area contributed by atoms with Crippen LogP contribution >= 0.6 is 11.6 Å². The molecule has 0 aliphatic carbocycles. The third-order valence-corrected chi connectivity index (χ3v) is 6.70. The zero-order valence-corrected chi connectivity index (χ0v) is 21.0. The van der Waals surface area contributed by atoms with Crippen LogP contribution in [0.3, 0.4) is 0 Å². The van der Waals surface area contributed by atoms with Crippen LogP contribution in [0.15, 0.2) is 78.9 Å². The molecule has 1 saturated heterocycles. The predicted molar refractivity (Wildman–Crippen MR) is 138 cm³/mol. The molecule has 3 aromatic rings. The van der Waals surface area contributed by atoms with Crippen LogP contribution in [0.2, 0.25) is 5.02 Å². The van der Waals surface area contributed by atoms with E-state index in [-0.39, 0.29) is 36.7 Å². The molecule has 2 amide bonds. The number of amides is 2. The normalized spacial score (nSPS) is 16.3. The fraction of sp³-hybridized carbons (Fsp3) is 0.310. The number of rotatable bonds is 10. The van der Waals surface area contributed by atoms with Crippen LogP contribution in [0.4, 0.5) is 9.18 Å². The summed E-state index contributed by atoms with van der Waals surface area (Å²) in [6, 6.07) is 24.1. The van der Waals surface area contributed by atoms with Crippen molar-refractivity contribution in [1.29, 1.82) is 0 Å². The Bertz CT molecular complexity index is 1180. The van der Waals surface area contributed by atoms with E-state index in [9.17, 15) is 14.0 Å². The Morgan fingerprint density at radius 3 is 2.42 bits per heavy atom. The maximum absolute atomic E-state index is 14.5. The molecule has 1 heterocycles. The summed E-state index contributed by atoms with van der Waals surface area (Å²) in [4.78, 5) is 29.0. The van der Waals surface area contributed by atoms with E-state index in [1.165, 1.54) is 11.0 Å². The smallest absolute Gasteiger partial charge is 0.416 e. The SMILES string of the molecule is C[C@@H](CN(CCC(=O)N1C(=O)OC[C@@H]1Cc1ccccc1)Cc1ccccc1)c1ccc(Cl)cc1F. The van der Waals surface area contributed by atoms with Crippen molar-refractivity contribution in [1.82, 2.24) is 9.80 Å². The Kier molecular flexibility index (Phi) is 8.73. The van der Waals surface area contributed by atoms with Gasteiger partial charge in [0.15, 0.2) is 0 Å². The number of benzene rings is 3. The molecule has 1 aliphatic heterocycles. The lowest BCUT2D eigenvalue weighted by Crippen LogP contribution is -2.42. The van der Waals surface area contributed by atoms with Gasteiger partial charge in [-0.15, -0.1) is 0 Å². The van der Waals surface area contributed by atoms with E-state index in [1.54, 1.807) is 12.1 Å². The summed E-state index contributed by atoms with van der Waals surface area (Å²) in [7, 11) is 0. The summed E-state index contributed by atoms with van der Waals surface area (Å²) in [5.74, 6) is -0.722. The predicted octanol–water partition coefficient (Wildman–Crippen LogP) is 6.07. The third-order valence-electron chi connectivity index (χ3n) is 6.46. The van der Waals surface area contributed by atoms with E-state index in [2.05, 4.69) is 4.90 Å². The van der Waals surface area contributed by atoms with E-state index in [4.69, 9.17) is 16.3 Å². The van der Waals surface area contributed by atoms with Gasteiger partial charge in [-0.2, -0.15) is 0 Å². The monoisotopic (exact) mass is 508 g/mol. The first kappa shape index (κ1) is 25.9. The zero-order chi connectivity index (χ0) is 25.5. The molecule has 188 valence electrons. The van der Waals surface area contributed by atoms with Crippen LogP contribution in [0.5, 0.6) is 0 Å². The van der Waals surface area contributed by atoms with Gasteiger partial charge in [0.1, 0.15) is 12.4 Å². The van der Waals surface area contributed by atoms with Crippen LogP contribution in [0.25, 0.3) is 0 Å². The first-order chi connectivity index (χ1) is 17.4. The van der Waals surface area contributed by atoms with Crippen molar-refractivity contribution in [2.24, 2.45) is 0 Å². The molecule has 0 aromatic heterocycles. The molecule has 0 spiro atoms. The molecular weight excluding hydrogens is 479 g/mol. The number of nitrogens with zero attached hydrogens (tertiary/aromatic N) is 2. The van der Waals surface area contributed by atoms with Gasteiger partial charge in [-0.3, -0.25) is 9.69 Å². The molecule has 0 unspecified atom stereocenters. The van der Waals surface area contributed by atoms with Gasteiger partial charge in [-0.1, -0.05) is 85.3 Å². The molecule has 4 rings (SSSR count). The number of hydrogen-bond acceptors (Lipinski definition) is 4. The summed E-state index contributed by atoms with van der Waals surface area (Å²) in [5.41, 5.74) is 2.72. The molecule has 1 fully saturated rings. The van der Waals surface area contributed by atoms with Crippen LogP contribution in [0, 0.1) is 5.82 Å². The van der Waals surface area contributed by atoms with Crippen molar-refractivity contribution in [3.8, 4) is 0 Å². The van der Waals surface area contributed by atoms with Gasteiger partial charge in [-0.25, -0.2) is 14.1 Å². The van der Waals surface area contributed by atoms with Gasteiger partial charge >= 0.3 is 6.09 Å². The van der Waals surface area contributed by atoms with Crippen LogP contribution < -0.4 is 0 Å². The van der Waals surface area contributed by atoms with Gasteiger partial charge in [0, 0.05) is 31.1 Å². The van der Waals surface area contributed by atoms with Gasteiger partial charge in [0.2, 0.25) is 5.91 Å². The van der Waals surface area contributed by atoms with E-state index >= 15 is 0 Å². The molecule has 5 nitrogen and oxygen atoms in total. The molecule has 2 atom stereocenters. The molecule has 0 N–H and O–H groups in total. The minimum absolute atomic E-state index is 0.122. The number of carbonyl (C=O) groups excluding carboxylic acids is 2. The summed E-state index contributed by atoms with van der Waals surface area (Å²) in [5, 5.41) is 0.359. The molecule has 7 heteroatoms. The second kappa shape index (κ2) is 12.2. The summed E-state index contributed by atoms with van der Waals surface area (Å²) in [6.45, 7) is 3.72. The second-order valence-corrected chi connectivity index (χ2v) is 9.66. The largest absolute Gasteiger partial charge is 0.447 e. The highest BCUT2D eigenvalue weighted by Crippen LogP contribution is 2.24. The van der Waals surface area contributed by atoms with Crippen molar-refractivity contribution in [3.05, 3.63) is 106 Å². The first-order valence-electron chi connectivity index (χ1n) is 12.1. The fourth-order valence-electron chi connectivity index (χ4n) is 4.64. The molecule has 1 aliphatic rings. The summed E-state index contributed by atoms with van der Waals surface area (Å²) < 4.78 is 19.8. The van der Waals surface area contributed by atoms with Crippen molar-refractivity contribution < 1.29 is 18.7 Å². The van der Waals surface area contributed by atoms with Gasteiger partial charge < -0.3 is 4.74 Å². The number of halogens is 2. The highest BCUT2D eigenvalue weighted by Gasteiger charge is 2.37. The number of cyclic esters (lactones) is 1. The Balaban J connectivity index is 1.44. The molecule has 0 saturated carbocycles. The lowest BCUT2D eigenvalue weighted by molar-refractivity contribution is -0.129. The first-order valence-corrected chi connectivity index (χ1v) is 12.5. The molecule has 36 heavy (non-hydrogen) atoms. The summed E-state index contributed by atoms with van der Waals surface area (Å²) >= 11 is 5.93. The zero-order valence-electron chi connectivity index (χ0n) is 20.3. The molecule has 3 aromatic carbocycles. The van der Waals surface area contributed by atoms with Crippen molar-refractivity contribution in [3.63, 3.8) is 0 Å². The quantitative estimate of drug-likeness (QED) is 0.334. The number of carbonyl (C=O) groups is 2. The third kappa shape index (κ3) is 6.71. The lowest BCUT2D eigenvalue weighted by Gasteiger charge is -2.27. The Morgan fingerprint density at radius 2 is 1.75 bits per heavy atom. The van der Waals surface area contributed by atoms with E-state index in [0.717, 1.165) is 11.1 Å². The van der Waals surface area contributed by atoms with Gasteiger partial charge in [-0.05, 0) is 41.2 Å². The average molecular weight is 509 g/mol. The fourth-order valence-corrected chi connectivity index (χ4v) is 4.80. The Labute approximate surface area is 216 Å². The van der Waals surface area contributed by atoms with Crippen molar-refractivity contribution >= 4 is 23.6 Å². The van der Waals surface area contributed by atoms with Crippen molar-refractivity contribution in [2.45, 2.75) is 38.3 Å². The van der Waals surface area contributed by atoms with Gasteiger partial charge in [0.25, 0.3) is 0 Å². The minimum atomic E-state index is -0.591. The van der Waals surface area contributed by atoms with Gasteiger partial charge in [0.05, 0.1) is 6.04 Å². The van der Waals surface area contributed by atoms with Crippen molar-refractivity contribution in [2.75, 3.05) is 19.7 Å². The molecule has 0 radical (unpaired) electrons. The topological polar surface area (TPSA) is 49.9 Å². The minimum Gasteiger partial charge on any atom is -0.447 e. The second-order valence-electron chi connectivity index (χ2n) is 9.22. The maximum Gasteiger partial charge on any atom is 0.416 e. The summed E-state index contributed by atoms with van der Waals surface area (Å²) in [6.07, 6.45) is 0.120. The average Bonchev–Trinajstić information content (AvgIpc) is 3.23. The van der Waals surface area contributed by atoms with Crippen LogP contribution in [-0.2, 0) is 22.5 Å². The lowest BCUT2D eigenvalue weighted by atomic mass is 9.99. The van der Waals surface area contributed by atoms with E-state index < -0.39 is 6.09 Å². The molecular formula is C29H30ClFN2O3. The number of hydrogen-bond donors (Lipinski definition) is 0. The number of ether oxygens (including phenoxy) is 1. The Hall–Kier alpha value is -3.22. The highest BCUT2D eigenvalue weighted by atomic mass is 35.5. The van der Waals surface area contributed by atoms with E-state index in [0.29, 0.717) is 36.6 Å². The number of imide groups is 1. The Morgan fingerprint density at radius 1 is 1.08 bits per heavy atom.